The van der Waals surface area contributed by atoms with Crippen molar-refractivity contribution in [2.75, 3.05) is 44.6 Å². The highest BCUT2D eigenvalue weighted by atomic mass is 19.1. The highest BCUT2D eigenvalue weighted by molar-refractivity contribution is 5.44. The van der Waals surface area contributed by atoms with Gasteiger partial charge in [-0.25, -0.2) is 8.78 Å². The van der Waals surface area contributed by atoms with Crippen LogP contribution in [0.2, 0.25) is 0 Å². The van der Waals surface area contributed by atoms with E-state index in [4.69, 9.17) is 0 Å². The van der Waals surface area contributed by atoms with E-state index in [9.17, 15) is 8.78 Å². The van der Waals surface area contributed by atoms with Gasteiger partial charge in [-0.15, -0.1) is 0 Å². The molecule has 0 aromatic heterocycles. The van der Waals surface area contributed by atoms with Crippen molar-refractivity contribution in [3.05, 3.63) is 29.8 Å². The third kappa shape index (κ3) is 4.44. The Morgan fingerprint density at radius 3 is 2.79 bits per heavy atom. The number of anilines is 1. The summed E-state index contributed by atoms with van der Waals surface area (Å²) >= 11 is 0. The van der Waals surface area contributed by atoms with Crippen LogP contribution < -0.4 is 10.6 Å². The highest BCUT2D eigenvalue weighted by Crippen LogP contribution is 2.15. The fourth-order valence-corrected chi connectivity index (χ4v) is 2.32. The number of hydrogen-bond acceptors (Lipinski definition) is 3. The van der Waals surface area contributed by atoms with E-state index in [0.29, 0.717) is 12.5 Å². The average molecular weight is 269 g/mol. The third-order valence-corrected chi connectivity index (χ3v) is 3.35. The first-order valence-corrected chi connectivity index (χ1v) is 6.77. The normalized spacial score (nSPS) is 18.3. The molecular weight excluding hydrogens is 248 g/mol. The molecule has 5 heteroatoms. The zero-order chi connectivity index (χ0) is 13.7. The minimum Gasteiger partial charge on any atom is -0.382 e. The van der Waals surface area contributed by atoms with Crippen molar-refractivity contribution in [3.63, 3.8) is 0 Å². The topological polar surface area (TPSA) is 27.3 Å². The summed E-state index contributed by atoms with van der Waals surface area (Å²) in [6.45, 7) is 7.90. The molecule has 1 unspecified atom stereocenters. The van der Waals surface area contributed by atoms with Gasteiger partial charge < -0.3 is 15.5 Å². The number of halogens is 2. The lowest BCUT2D eigenvalue weighted by molar-refractivity contribution is 0.215. The second-order valence-corrected chi connectivity index (χ2v) is 5.16. The Morgan fingerprint density at radius 2 is 2.05 bits per heavy atom. The molecule has 0 amide bonds. The molecule has 1 heterocycles. The van der Waals surface area contributed by atoms with Crippen molar-refractivity contribution in [2.45, 2.75) is 6.92 Å². The fraction of sp³-hybridized carbons (Fsp3) is 0.571. The van der Waals surface area contributed by atoms with Crippen LogP contribution in [0, 0.1) is 17.6 Å². The van der Waals surface area contributed by atoms with Crippen molar-refractivity contribution in [3.8, 4) is 0 Å². The summed E-state index contributed by atoms with van der Waals surface area (Å²) in [4.78, 5) is 2.39. The summed E-state index contributed by atoms with van der Waals surface area (Å²) in [5.74, 6) is -0.435. The molecule has 1 fully saturated rings. The van der Waals surface area contributed by atoms with Crippen molar-refractivity contribution in [1.29, 1.82) is 0 Å². The van der Waals surface area contributed by atoms with Gasteiger partial charge in [0.1, 0.15) is 11.6 Å². The van der Waals surface area contributed by atoms with Gasteiger partial charge in [0, 0.05) is 39.3 Å². The summed E-state index contributed by atoms with van der Waals surface area (Å²) in [5.41, 5.74) is 0.243. The number of benzene rings is 1. The zero-order valence-corrected chi connectivity index (χ0v) is 11.3. The molecule has 2 N–H and O–H groups in total. The van der Waals surface area contributed by atoms with Crippen molar-refractivity contribution in [1.82, 2.24) is 10.2 Å². The predicted octanol–water partition coefficient (Wildman–Crippen LogP) is 1.92. The van der Waals surface area contributed by atoms with Crippen molar-refractivity contribution < 1.29 is 8.78 Å². The molecule has 0 saturated carbocycles. The Bertz CT molecular complexity index is 406. The first-order valence-electron chi connectivity index (χ1n) is 6.77. The minimum atomic E-state index is -0.418. The molecule has 0 radical (unpaired) electrons. The number of nitrogens with one attached hydrogen (secondary N) is 2. The van der Waals surface area contributed by atoms with E-state index < -0.39 is 11.6 Å². The zero-order valence-electron chi connectivity index (χ0n) is 11.3. The minimum absolute atomic E-state index is 0.243. The molecule has 1 aliphatic rings. The van der Waals surface area contributed by atoms with E-state index >= 15 is 0 Å². The summed E-state index contributed by atoms with van der Waals surface area (Å²) < 4.78 is 26.5. The van der Waals surface area contributed by atoms with Crippen LogP contribution >= 0.6 is 0 Å². The van der Waals surface area contributed by atoms with Gasteiger partial charge in [0.2, 0.25) is 0 Å². The van der Waals surface area contributed by atoms with Crippen LogP contribution in [-0.2, 0) is 0 Å². The van der Waals surface area contributed by atoms with E-state index in [2.05, 4.69) is 22.5 Å². The van der Waals surface area contributed by atoms with Gasteiger partial charge in [0.25, 0.3) is 0 Å². The van der Waals surface area contributed by atoms with Crippen LogP contribution in [0.1, 0.15) is 6.92 Å². The smallest absolute Gasteiger partial charge is 0.146 e. The Balaban J connectivity index is 1.79. The molecule has 1 aliphatic heterocycles. The lowest BCUT2D eigenvalue weighted by Crippen LogP contribution is -2.45. The van der Waals surface area contributed by atoms with Gasteiger partial charge in [0.05, 0.1) is 5.69 Å². The van der Waals surface area contributed by atoms with Crippen LogP contribution in [0.4, 0.5) is 14.5 Å². The van der Waals surface area contributed by atoms with Crippen molar-refractivity contribution >= 4 is 5.69 Å². The largest absolute Gasteiger partial charge is 0.382 e. The van der Waals surface area contributed by atoms with Crippen LogP contribution in [0.5, 0.6) is 0 Å². The molecule has 3 nitrogen and oxygen atoms in total. The Hall–Kier alpha value is -1.20. The van der Waals surface area contributed by atoms with Gasteiger partial charge >= 0.3 is 0 Å². The van der Waals surface area contributed by atoms with Crippen LogP contribution in [0.25, 0.3) is 0 Å². The molecular formula is C14H21F2N3. The van der Waals surface area contributed by atoms with Gasteiger partial charge in [-0.05, 0) is 24.1 Å². The summed E-state index contributed by atoms with van der Waals surface area (Å²) in [6.07, 6.45) is 0. The third-order valence-electron chi connectivity index (χ3n) is 3.35. The Kier molecular flexibility index (Phi) is 5.10. The second kappa shape index (κ2) is 6.82. The maximum atomic E-state index is 13.4. The van der Waals surface area contributed by atoms with Gasteiger partial charge in [-0.1, -0.05) is 6.92 Å². The average Bonchev–Trinajstić information content (AvgIpc) is 2.41. The van der Waals surface area contributed by atoms with Gasteiger partial charge in [-0.2, -0.15) is 0 Å². The molecule has 0 aliphatic carbocycles. The first kappa shape index (κ1) is 14.2. The maximum absolute atomic E-state index is 13.4. The Labute approximate surface area is 113 Å². The molecule has 0 bridgehead atoms. The molecule has 2 rings (SSSR count). The molecule has 1 atom stereocenters. The SMILES string of the molecule is CC(CNc1cc(F)ccc1F)CN1CCNCC1. The monoisotopic (exact) mass is 269 g/mol. The Morgan fingerprint density at radius 1 is 1.32 bits per heavy atom. The highest BCUT2D eigenvalue weighted by Gasteiger charge is 2.13. The van der Waals surface area contributed by atoms with E-state index in [0.717, 1.165) is 44.9 Å². The van der Waals surface area contributed by atoms with Crippen LogP contribution in [-0.4, -0.2) is 44.2 Å². The number of rotatable bonds is 5. The molecule has 106 valence electrons. The fourth-order valence-electron chi connectivity index (χ4n) is 2.32. The number of piperazine rings is 1. The van der Waals surface area contributed by atoms with E-state index in [1.165, 1.54) is 6.07 Å². The molecule has 1 aromatic rings. The van der Waals surface area contributed by atoms with E-state index in [-0.39, 0.29) is 5.69 Å². The van der Waals surface area contributed by atoms with E-state index in [1.54, 1.807) is 0 Å². The summed E-state index contributed by atoms with van der Waals surface area (Å²) in [6, 6.07) is 3.48. The molecule has 1 saturated heterocycles. The molecule has 0 spiro atoms. The quantitative estimate of drug-likeness (QED) is 0.855. The molecule has 1 aromatic carbocycles. The first-order chi connectivity index (χ1) is 9.15. The summed E-state index contributed by atoms with van der Waals surface area (Å²) in [7, 11) is 0. The van der Waals surface area contributed by atoms with Crippen molar-refractivity contribution in [2.24, 2.45) is 5.92 Å². The number of nitrogens with zero attached hydrogens (tertiary/aromatic N) is 1. The number of hydrogen-bond donors (Lipinski definition) is 2. The van der Waals surface area contributed by atoms with Crippen LogP contribution in [0.3, 0.4) is 0 Å². The van der Waals surface area contributed by atoms with Gasteiger partial charge in [-0.3, -0.25) is 0 Å². The standard InChI is InChI=1S/C14H21F2N3/c1-11(10-19-6-4-17-5-7-19)9-18-14-8-12(15)2-3-13(14)16/h2-3,8,11,17-18H,4-7,9-10H2,1H3. The summed E-state index contributed by atoms with van der Waals surface area (Å²) in [5, 5.41) is 6.30. The molecule has 19 heavy (non-hydrogen) atoms. The maximum Gasteiger partial charge on any atom is 0.146 e. The van der Waals surface area contributed by atoms with E-state index in [1.807, 2.05) is 0 Å². The predicted molar refractivity (Wildman–Crippen MR) is 73.3 cm³/mol. The second-order valence-electron chi connectivity index (χ2n) is 5.16. The lowest BCUT2D eigenvalue weighted by atomic mass is 10.1. The lowest BCUT2D eigenvalue weighted by Gasteiger charge is -2.29. The van der Waals surface area contributed by atoms with Gasteiger partial charge in [0.15, 0.2) is 0 Å². The van der Waals surface area contributed by atoms with Crippen LogP contribution in [0.15, 0.2) is 18.2 Å².